The van der Waals surface area contributed by atoms with E-state index in [2.05, 4.69) is 93.0 Å². The number of nitrogen functional groups attached to an aromatic ring is 1. The number of nitrogens with two attached hydrogens (primary N) is 1. The van der Waals surface area contributed by atoms with Crippen molar-refractivity contribution in [3.8, 4) is 11.3 Å². The van der Waals surface area contributed by atoms with Crippen LogP contribution < -0.4 is 40.6 Å². The quantitative estimate of drug-likeness (QED) is 0.102. The number of aryl methyl sites for hydroxylation is 3. The van der Waals surface area contributed by atoms with Gasteiger partial charge in [-0.1, -0.05) is 102 Å². The van der Waals surface area contributed by atoms with Gasteiger partial charge in [-0.05, 0) is 130 Å². The standard InChI is InChI=1S/C17H9ClF3N3S.C11H10BrNS.C8H6ClN.C7H9N.C3HBrClNS.CH4.Na.H/c1-22-14-6-10(5-12(18)8-14)15-9-25-16(24-15)23-13-4-2-3-11(7-13)17(19,20)21;1-8-3-2-4-9(5-8)6-11-13-10(12)7-14-11;1-6-3-7(9)5-8(4-6)10-2;1-6-3-2-4-7(8)5-6;4-2-1-7-3(5)6-2;;;/h2-9H,(H,23,24);2-5,7H,6H2,1H3;3-5H,1H3;2-5H,8H2,1H3;1H;1H4;;/q;;;;;;+1;-1. The summed E-state index contributed by atoms with van der Waals surface area (Å²) < 4.78 is 40.6. The van der Waals surface area contributed by atoms with Crippen molar-refractivity contribution >= 4 is 129 Å². The third-order valence-corrected chi connectivity index (χ3v) is 12.3. The van der Waals surface area contributed by atoms with Crippen molar-refractivity contribution < 1.29 is 44.2 Å². The van der Waals surface area contributed by atoms with E-state index in [4.69, 9.17) is 53.7 Å². The first kappa shape index (κ1) is 58.3. The number of hydrogen-bond acceptors (Lipinski definition) is 8. The Hall–Kier alpha value is -3.81. The van der Waals surface area contributed by atoms with Gasteiger partial charge in [0.15, 0.2) is 21.0 Å². The van der Waals surface area contributed by atoms with Gasteiger partial charge >= 0.3 is 35.7 Å². The van der Waals surface area contributed by atoms with Crippen LogP contribution in [0.1, 0.15) is 41.7 Å². The maximum absolute atomic E-state index is 12.8. The number of anilines is 3. The van der Waals surface area contributed by atoms with Crippen LogP contribution in [0.25, 0.3) is 20.9 Å². The summed E-state index contributed by atoms with van der Waals surface area (Å²) in [5.41, 5.74) is 13.0. The van der Waals surface area contributed by atoms with Crippen LogP contribution in [0, 0.1) is 33.9 Å². The van der Waals surface area contributed by atoms with E-state index in [0.29, 0.717) is 48.0 Å². The summed E-state index contributed by atoms with van der Waals surface area (Å²) in [5, 5.41) is 11.1. The average Bonchev–Trinajstić information content (AvgIpc) is 3.98. The Morgan fingerprint density at radius 2 is 1.30 bits per heavy atom. The first-order valence-electron chi connectivity index (χ1n) is 18.4. The molecule has 0 bridgehead atoms. The van der Waals surface area contributed by atoms with Gasteiger partial charge in [0, 0.05) is 44.0 Å². The molecular weight excluding hydrogens is 1100 g/mol. The Bertz CT molecular complexity index is 2820. The maximum atomic E-state index is 12.8. The normalized spacial score (nSPS) is 9.89. The van der Waals surface area contributed by atoms with Gasteiger partial charge in [-0.2, -0.15) is 13.2 Å². The van der Waals surface area contributed by atoms with Gasteiger partial charge in [-0.25, -0.2) is 24.6 Å². The number of benzene rings is 5. The van der Waals surface area contributed by atoms with Crippen molar-refractivity contribution in [2.24, 2.45) is 0 Å². The first-order valence-corrected chi connectivity index (χ1v) is 23.7. The van der Waals surface area contributed by atoms with Gasteiger partial charge in [-0.15, -0.1) is 34.0 Å². The predicted octanol–water partition coefficient (Wildman–Crippen LogP) is 15.7. The van der Waals surface area contributed by atoms with Crippen LogP contribution >= 0.6 is 101 Å². The van der Waals surface area contributed by atoms with Gasteiger partial charge in [0.25, 0.3) is 0 Å². The second-order valence-electron chi connectivity index (χ2n) is 13.2. The molecule has 0 unspecified atom stereocenters. The Kier molecular flexibility index (Phi) is 25.8. The summed E-state index contributed by atoms with van der Waals surface area (Å²) in [6.45, 7) is 19.8. The third kappa shape index (κ3) is 21.4. The van der Waals surface area contributed by atoms with Crippen LogP contribution in [0.2, 0.25) is 14.5 Å². The number of aromatic nitrogens is 3. The summed E-state index contributed by atoms with van der Waals surface area (Å²) in [6.07, 6.45) is -3.47. The largest absolute Gasteiger partial charge is 1.00 e. The Morgan fingerprint density at radius 1 is 0.697 bits per heavy atom. The molecule has 5 aromatic carbocycles. The number of nitrogens with zero attached hydrogens (tertiary/aromatic N) is 5. The van der Waals surface area contributed by atoms with Crippen molar-refractivity contribution in [1.82, 2.24) is 15.0 Å². The van der Waals surface area contributed by atoms with E-state index in [9.17, 15) is 13.2 Å². The number of hydrogen-bond donors (Lipinski definition) is 2. The number of alkyl halides is 3. The van der Waals surface area contributed by atoms with Gasteiger partial charge in [0.2, 0.25) is 0 Å². The first-order chi connectivity index (χ1) is 30.4. The van der Waals surface area contributed by atoms with E-state index in [-0.39, 0.29) is 38.4 Å². The molecule has 3 aromatic heterocycles. The molecule has 0 aliphatic carbocycles. The summed E-state index contributed by atoms with van der Waals surface area (Å²) >= 11 is 28.0. The number of rotatable bonds is 5. The molecule has 8 aromatic rings. The van der Waals surface area contributed by atoms with E-state index < -0.39 is 11.7 Å². The molecule has 7 nitrogen and oxygen atoms in total. The number of halogens is 8. The molecule has 3 N–H and O–H groups in total. The van der Waals surface area contributed by atoms with Gasteiger partial charge < -0.3 is 12.5 Å². The van der Waals surface area contributed by atoms with E-state index >= 15 is 0 Å². The van der Waals surface area contributed by atoms with Crippen molar-refractivity contribution in [3.63, 3.8) is 0 Å². The minimum atomic E-state index is -4.40. The fraction of sp³-hybridized carbons (Fsp3) is 0.128. The second-order valence-corrected chi connectivity index (χ2v) is 19.0. The topological polar surface area (TPSA) is 85.4 Å². The smallest absolute Gasteiger partial charge is 1.00 e. The SMILES string of the molecule is C.Cc1cccc(Cc2nc(Br)cs2)c1.Cc1cccc(N)c1.Clc1nc(Br)cs1.[C-]#[N+]c1cc(C)cc(Cl)c1.[C-]#[N+]c1cc(Cl)cc(-c2csc(Nc3cccc(C(F)(F)F)c3)n2)c1.[H-].[Na+]. The van der Waals surface area contributed by atoms with E-state index in [1.165, 1.54) is 51.5 Å². The van der Waals surface area contributed by atoms with Crippen molar-refractivity contribution in [1.29, 1.82) is 0 Å². The molecule has 0 radical (unpaired) electrons. The molecule has 0 saturated carbocycles. The molecule has 0 aliphatic rings. The van der Waals surface area contributed by atoms with Crippen LogP contribution in [-0.4, -0.2) is 15.0 Å². The molecule has 0 spiro atoms. The summed E-state index contributed by atoms with van der Waals surface area (Å²) in [4.78, 5) is 19.1. The molecule has 0 amide bonds. The van der Waals surface area contributed by atoms with E-state index in [1.54, 1.807) is 47.0 Å². The second kappa shape index (κ2) is 29.2. The molecule has 0 atom stereocenters. The Morgan fingerprint density at radius 3 is 1.82 bits per heavy atom. The molecule has 19 heteroatoms. The van der Waals surface area contributed by atoms with Crippen molar-refractivity contribution in [2.75, 3.05) is 11.1 Å². The molecule has 338 valence electrons. The average molecular weight is 1150 g/mol. The summed E-state index contributed by atoms with van der Waals surface area (Å²) in [7, 11) is 0. The number of nitrogens with one attached hydrogen (secondary N) is 1. The fourth-order valence-corrected chi connectivity index (χ4v) is 9.05. The molecule has 3 heterocycles. The molecule has 0 aliphatic heterocycles. The van der Waals surface area contributed by atoms with E-state index in [0.717, 1.165) is 44.0 Å². The van der Waals surface area contributed by atoms with Crippen molar-refractivity contribution in [3.05, 3.63) is 205 Å². The van der Waals surface area contributed by atoms with Crippen LogP contribution in [0.4, 0.5) is 41.1 Å². The van der Waals surface area contributed by atoms with Crippen LogP contribution in [-0.2, 0) is 12.6 Å². The molecule has 0 saturated heterocycles. The molecule has 0 fully saturated rings. The maximum Gasteiger partial charge on any atom is 1.00 e. The molecular formula is C47H40Br2Cl3F3N7NaS3. The Balaban J connectivity index is 0.000000453. The monoisotopic (exact) mass is 1140 g/mol. The van der Waals surface area contributed by atoms with Crippen molar-refractivity contribution in [2.45, 2.75) is 40.8 Å². The zero-order valence-corrected chi connectivity index (χ0v) is 44.8. The number of thiazole rings is 3. The molecule has 66 heavy (non-hydrogen) atoms. The van der Waals surface area contributed by atoms with Gasteiger partial charge in [0.05, 0.1) is 29.4 Å². The van der Waals surface area contributed by atoms with Gasteiger partial charge in [-0.3, -0.25) is 0 Å². The summed E-state index contributed by atoms with van der Waals surface area (Å²) in [5.74, 6) is 0. The zero-order valence-electron chi connectivity index (χ0n) is 35.9. The van der Waals surface area contributed by atoms with Crippen LogP contribution in [0.5, 0.6) is 0 Å². The fourth-order valence-electron chi connectivity index (χ4n) is 5.20. The minimum Gasteiger partial charge on any atom is -1.00 e. The van der Waals surface area contributed by atoms with Crippen LogP contribution in [0.3, 0.4) is 0 Å². The predicted molar refractivity (Wildman–Crippen MR) is 278 cm³/mol. The molecule has 8 rings (SSSR count). The third-order valence-electron chi connectivity index (χ3n) is 7.86. The Labute approximate surface area is 450 Å². The van der Waals surface area contributed by atoms with Crippen LogP contribution in [0.15, 0.2) is 135 Å². The zero-order chi connectivity index (χ0) is 46.8. The van der Waals surface area contributed by atoms with Gasteiger partial charge in [0.1, 0.15) is 9.21 Å². The minimum absolute atomic E-state index is 0. The summed E-state index contributed by atoms with van der Waals surface area (Å²) in [6, 6.07) is 31.4. The van der Waals surface area contributed by atoms with E-state index in [1.807, 2.05) is 54.9 Å².